The van der Waals surface area contributed by atoms with Gasteiger partial charge in [-0.05, 0) is 24.6 Å². The number of nitrogens with one attached hydrogen (secondary N) is 1. The van der Waals surface area contributed by atoms with Crippen molar-refractivity contribution in [1.29, 1.82) is 0 Å². The van der Waals surface area contributed by atoms with Gasteiger partial charge < -0.3 is 15.5 Å². The van der Waals surface area contributed by atoms with Crippen LogP contribution in [0.3, 0.4) is 0 Å². The zero-order chi connectivity index (χ0) is 11.0. The van der Waals surface area contributed by atoms with Gasteiger partial charge in [-0.3, -0.25) is 0 Å². The van der Waals surface area contributed by atoms with Crippen molar-refractivity contribution < 1.29 is 9.21 Å². The van der Waals surface area contributed by atoms with Crippen molar-refractivity contribution in [3.8, 4) is 0 Å². The molecule has 78 valence electrons. The summed E-state index contributed by atoms with van der Waals surface area (Å²) in [7, 11) is 0. The Morgan fingerprint density at radius 1 is 1.53 bits per heavy atom. The van der Waals surface area contributed by atoms with E-state index in [0.29, 0.717) is 16.0 Å². The Morgan fingerprint density at radius 2 is 2.27 bits per heavy atom. The van der Waals surface area contributed by atoms with Crippen LogP contribution in [0.4, 0.5) is 10.5 Å². The number of anilines is 1. The fraction of sp³-hybridized carbons (Fsp3) is 0.111. The average molecular weight is 224 g/mol. The van der Waals surface area contributed by atoms with Crippen LogP contribution in [0.5, 0.6) is 0 Å². The monoisotopic (exact) mass is 224 g/mol. The maximum absolute atomic E-state index is 11.0. The second-order valence-electron chi connectivity index (χ2n) is 3.06. The first kappa shape index (κ1) is 9.72. The van der Waals surface area contributed by atoms with E-state index in [1.807, 2.05) is 0 Å². The number of rotatable bonds is 1. The van der Waals surface area contributed by atoms with Crippen LogP contribution in [0.25, 0.3) is 10.3 Å². The van der Waals surface area contributed by atoms with E-state index >= 15 is 0 Å². The van der Waals surface area contributed by atoms with E-state index in [-0.39, 0.29) is 4.94 Å². The van der Waals surface area contributed by atoms with Gasteiger partial charge in [0.1, 0.15) is 5.58 Å². The molecule has 0 spiro atoms. The molecule has 0 aliphatic rings. The molecular weight excluding hydrogens is 216 g/mol. The molecule has 0 saturated heterocycles. The van der Waals surface area contributed by atoms with Crippen LogP contribution in [0.15, 0.2) is 21.3 Å². The number of benzene rings is 1. The first-order chi connectivity index (χ1) is 7.06. The third-order valence-electron chi connectivity index (χ3n) is 1.94. The lowest BCUT2D eigenvalue weighted by Crippen LogP contribution is -2.19. The lowest BCUT2D eigenvalue weighted by atomic mass is 10.2. The summed E-state index contributed by atoms with van der Waals surface area (Å²) < 4.78 is 5.62. The smallest absolute Gasteiger partial charge is 0.396 e. The van der Waals surface area contributed by atoms with Crippen molar-refractivity contribution in [2.45, 2.75) is 6.92 Å². The molecule has 1 heterocycles. The van der Waals surface area contributed by atoms with Crippen molar-refractivity contribution in [3.63, 3.8) is 0 Å². The van der Waals surface area contributed by atoms with Gasteiger partial charge in [-0.25, -0.2) is 9.59 Å². The Hall–Kier alpha value is -1.82. The van der Waals surface area contributed by atoms with Crippen molar-refractivity contribution in [3.05, 3.63) is 27.4 Å². The summed E-state index contributed by atoms with van der Waals surface area (Å²) in [6.45, 7) is 1.79. The third-order valence-corrected chi connectivity index (χ3v) is 2.72. The summed E-state index contributed by atoms with van der Waals surface area (Å²) in [6, 6.07) is 2.73. The van der Waals surface area contributed by atoms with Gasteiger partial charge in [0.25, 0.3) is 0 Å². The Balaban J connectivity index is 2.60. The number of carbonyl (C=O) groups is 1. The number of aryl methyl sites for hydroxylation is 1. The first-order valence-electron chi connectivity index (χ1n) is 4.17. The van der Waals surface area contributed by atoms with Gasteiger partial charge >= 0.3 is 11.0 Å². The first-order valence-corrected chi connectivity index (χ1v) is 4.98. The number of hydrogen-bond acceptors (Lipinski definition) is 4. The Bertz CT molecular complexity index is 585. The van der Waals surface area contributed by atoms with Crippen LogP contribution in [0.2, 0.25) is 0 Å². The van der Waals surface area contributed by atoms with Gasteiger partial charge in [0.15, 0.2) is 0 Å². The summed E-state index contributed by atoms with van der Waals surface area (Å²) in [4.78, 5) is 21.3. The molecule has 2 aromatic rings. The van der Waals surface area contributed by atoms with Crippen LogP contribution in [0.1, 0.15) is 5.56 Å². The SMILES string of the molecule is Cc1cc2oc(=O)sc2cc1NC(N)=O. The summed E-state index contributed by atoms with van der Waals surface area (Å²) in [5.41, 5.74) is 6.92. The molecule has 1 aromatic carbocycles. The van der Waals surface area contributed by atoms with Crippen molar-refractivity contribution >= 4 is 33.3 Å². The molecule has 2 rings (SSSR count). The van der Waals surface area contributed by atoms with Crippen molar-refractivity contribution in [2.24, 2.45) is 5.73 Å². The number of carbonyl (C=O) groups excluding carboxylic acids is 1. The Kier molecular flexibility index (Phi) is 2.20. The fourth-order valence-corrected chi connectivity index (χ4v) is 1.98. The highest BCUT2D eigenvalue weighted by Gasteiger charge is 2.07. The van der Waals surface area contributed by atoms with E-state index in [2.05, 4.69) is 5.32 Å². The van der Waals surface area contributed by atoms with Crippen LogP contribution in [0, 0.1) is 6.92 Å². The van der Waals surface area contributed by atoms with Crippen molar-refractivity contribution in [2.75, 3.05) is 5.32 Å². The second kappa shape index (κ2) is 3.39. The number of amides is 2. The molecule has 0 aliphatic heterocycles. The molecule has 1 aromatic heterocycles. The molecule has 0 saturated carbocycles. The van der Waals surface area contributed by atoms with E-state index < -0.39 is 6.03 Å². The highest BCUT2D eigenvalue weighted by atomic mass is 32.1. The molecule has 0 atom stereocenters. The predicted molar refractivity (Wildman–Crippen MR) is 58.3 cm³/mol. The molecule has 0 unspecified atom stereocenters. The molecule has 0 aliphatic carbocycles. The van der Waals surface area contributed by atoms with E-state index in [0.717, 1.165) is 16.9 Å². The molecule has 5 nitrogen and oxygen atoms in total. The topological polar surface area (TPSA) is 85.3 Å². The number of urea groups is 1. The van der Waals surface area contributed by atoms with Gasteiger partial charge in [-0.2, -0.15) is 0 Å². The van der Waals surface area contributed by atoms with Gasteiger partial charge in [0.2, 0.25) is 0 Å². The summed E-state index contributed by atoms with van der Waals surface area (Å²) in [6.07, 6.45) is 0. The summed E-state index contributed by atoms with van der Waals surface area (Å²) in [5.74, 6) is 0. The molecule has 2 amide bonds. The quantitative estimate of drug-likeness (QED) is 0.772. The summed E-state index contributed by atoms with van der Waals surface area (Å²) >= 11 is 0.988. The van der Waals surface area contributed by atoms with Gasteiger partial charge in [-0.1, -0.05) is 11.3 Å². The fourth-order valence-electron chi connectivity index (χ4n) is 1.29. The number of fused-ring (bicyclic) bond motifs is 1. The minimum atomic E-state index is -0.631. The molecular formula is C9H8N2O3S. The standard InChI is InChI=1S/C9H8N2O3S/c1-4-2-6-7(15-9(13)14-6)3-5(4)11-8(10)12/h2-3H,1H3,(H3,10,11,12). The highest BCUT2D eigenvalue weighted by molar-refractivity contribution is 7.16. The molecule has 0 fully saturated rings. The maximum Gasteiger partial charge on any atom is 0.396 e. The van der Waals surface area contributed by atoms with Crippen LogP contribution < -0.4 is 16.0 Å². The van der Waals surface area contributed by atoms with Crippen LogP contribution in [-0.4, -0.2) is 6.03 Å². The van der Waals surface area contributed by atoms with Crippen LogP contribution >= 0.6 is 11.3 Å². The van der Waals surface area contributed by atoms with Gasteiger partial charge in [-0.15, -0.1) is 0 Å². The lowest BCUT2D eigenvalue weighted by molar-refractivity contribution is 0.259. The number of hydrogen-bond donors (Lipinski definition) is 2. The second-order valence-corrected chi connectivity index (χ2v) is 4.03. The molecule has 3 N–H and O–H groups in total. The molecule has 6 heteroatoms. The van der Waals surface area contributed by atoms with E-state index in [1.54, 1.807) is 19.1 Å². The van der Waals surface area contributed by atoms with E-state index in [1.165, 1.54) is 0 Å². The van der Waals surface area contributed by atoms with Gasteiger partial charge in [0.05, 0.1) is 4.70 Å². The normalized spacial score (nSPS) is 10.5. The lowest BCUT2D eigenvalue weighted by Gasteiger charge is -2.04. The minimum absolute atomic E-state index is 0.361. The summed E-state index contributed by atoms with van der Waals surface area (Å²) in [5, 5.41) is 2.48. The highest BCUT2D eigenvalue weighted by Crippen LogP contribution is 2.25. The maximum atomic E-state index is 11.0. The zero-order valence-electron chi connectivity index (χ0n) is 7.87. The Labute approximate surface area is 88.5 Å². The molecule has 15 heavy (non-hydrogen) atoms. The third kappa shape index (κ3) is 1.84. The minimum Gasteiger partial charge on any atom is -0.414 e. The predicted octanol–water partition coefficient (Wildman–Crippen LogP) is 1.65. The van der Waals surface area contributed by atoms with E-state index in [4.69, 9.17) is 10.2 Å². The molecule has 0 bridgehead atoms. The van der Waals surface area contributed by atoms with E-state index in [9.17, 15) is 9.59 Å². The average Bonchev–Trinajstić information content (AvgIpc) is 2.44. The van der Waals surface area contributed by atoms with Crippen LogP contribution in [-0.2, 0) is 0 Å². The number of primary amides is 1. The largest absolute Gasteiger partial charge is 0.414 e. The Morgan fingerprint density at radius 3 is 2.93 bits per heavy atom. The number of nitrogens with two attached hydrogens (primary N) is 1. The van der Waals surface area contributed by atoms with Crippen molar-refractivity contribution in [1.82, 2.24) is 0 Å². The van der Waals surface area contributed by atoms with Gasteiger partial charge in [0, 0.05) is 5.69 Å². The zero-order valence-corrected chi connectivity index (χ0v) is 8.68. The molecule has 0 radical (unpaired) electrons.